The number of aryl methyl sites for hydroxylation is 1. The molecule has 13 nitrogen and oxygen atoms in total. The zero-order chi connectivity index (χ0) is 32.4. The Bertz CT molecular complexity index is 1640. The van der Waals surface area contributed by atoms with Crippen LogP contribution in [0.2, 0.25) is 0 Å². The molecule has 1 aliphatic heterocycles. The second-order valence-corrected chi connectivity index (χ2v) is 12.3. The Morgan fingerprint density at radius 1 is 1.07 bits per heavy atom. The van der Waals surface area contributed by atoms with Crippen molar-refractivity contribution in [3.63, 3.8) is 0 Å². The van der Waals surface area contributed by atoms with Crippen LogP contribution in [0.5, 0.6) is 5.88 Å². The molecular formula is C31H38N6O7. The van der Waals surface area contributed by atoms with Crippen molar-refractivity contribution in [1.82, 2.24) is 25.1 Å². The monoisotopic (exact) mass is 606 g/mol. The molecular weight excluding hydrogens is 568 g/mol. The normalized spacial score (nSPS) is 13.8. The number of hydrogen-bond donors (Lipinski definition) is 3. The van der Waals surface area contributed by atoms with Crippen molar-refractivity contribution in [2.75, 3.05) is 18.5 Å². The SMILES string of the molecule is CC(=O)c1cc(C)[nH]c1/C=C1\C(=O)Nc2ccc(-c3cn(C(=O)OC(C)(C)C)nc3OCCCNC(=O)OC(C)(C)C)nc21. The van der Waals surface area contributed by atoms with Crippen LogP contribution in [0.15, 0.2) is 24.4 Å². The number of fused-ring (bicyclic) bond motifs is 1. The molecule has 0 spiro atoms. The van der Waals surface area contributed by atoms with Crippen LogP contribution >= 0.6 is 0 Å². The third-order valence-corrected chi connectivity index (χ3v) is 6.06. The number of amides is 2. The van der Waals surface area contributed by atoms with Crippen molar-refractivity contribution in [2.45, 2.75) is 73.0 Å². The molecule has 2 amide bonds. The molecule has 0 aromatic carbocycles. The highest BCUT2D eigenvalue weighted by Crippen LogP contribution is 2.36. The minimum absolute atomic E-state index is 0.113. The number of nitrogens with one attached hydrogen (secondary N) is 3. The fourth-order valence-electron chi connectivity index (χ4n) is 4.29. The van der Waals surface area contributed by atoms with Gasteiger partial charge in [0.2, 0.25) is 5.88 Å². The quantitative estimate of drug-likeness (QED) is 0.174. The van der Waals surface area contributed by atoms with E-state index in [4.69, 9.17) is 19.2 Å². The molecule has 13 heteroatoms. The van der Waals surface area contributed by atoms with Gasteiger partial charge in [-0.05, 0) is 86.1 Å². The molecule has 0 aliphatic carbocycles. The average molecular weight is 607 g/mol. The number of nitrogens with zero attached hydrogens (tertiary/aromatic N) is 3. The van der Waals surface area contributed by atoms with Crippen molar-refractivity contribution in [3.8, 4) is 17.1 Å². The molecule has 0 unspecified atom stereocenters. The van der Waals surface area contributed by atoms with Crippen molar-refractivity contribution < 1.29 is 33.4 Å². The Morgan fingerprint density at radius 2 is 1.77 bits per heavy atom. The van der Waals surface area contributed by atoms with Crippen LogP contribution in [0.25, 0.3) is 22.9 Å². The number of alkyl carbamates (subject to hydrolysis) is 1. The van der Waals surface area contributed by atoms with Crippen molar-refractivity contribution in [2.24, 2.45) is 0 Å². The number of hydrogen-bond acceptors (Lipinski definition) is 9. The first-order chi connectivity index (χ1) is 20.5. The number of anilines is 1. The van der Waals surface area contributed by atoms with Crippen molar-refractivity contribution in [3.05, 3.63) is 47.0 Å². The molecule has 0 saturated carbocycles. The predicted octanol–water partition coefficient (Wildman–Crippen LogP) is 5.35. The zero-order valence-corrected chi connectivity index (χ0v) is 26.2. The lowest BCUT2D eigenvalue weighted by Gasteiger charge is -2.19. The van der Waals surface area contributed by atoms with E-state index in [0.29, 0.717) is 40.3 Å². The van der Waals surface area contributed by atoms with Gasteiger partial charge in [0.05, 0.1) is 41.0 Å². The van der Waals surface area contributed by atoms with Crippen molar-refractivity contribution in [1.29, 1.82) is 0 Å². The van der Waals surface area contributed by atoms with Gasteiger partial charge in [-0.2, -0.15) is 4.68 Å². The minimum atomic E-state index is -0.760. The Hall–Kier alpha value is -4.94. The number of Topliss-reactive ketones (excluding diaryl/α,β-unsaturated/α-hetero) is 1. The number of ether oxygens (including phenoxy) is 3. The number of ketones is 1. The largest absolute Gasteiger partial charge is 0.476 e. The van der Waals surface area contributed by atoms with Gasteiger partial charge >= 0.3 is 12.2 Å². The second kappa shape index (κ2) is 12.3. The van der Waals surface area contributed by atoms with Crippen LogP contribution in [-0.4, -0.2) is 68.0 Å². The van der Waals surface area contributed by atoms with Gasteiger partial charge in [-0.25, -0.2) is 14.6 Å². The zero-order valence-electron chi connectivity index (χ0n) is 26.2. The van der Waals surface area contributed by atoms with Crippen LogP contribution in [0.1, 0.15) is 82.3 Å². The Morgan fingerprint density at radius 3 is 2.43 bits per heavy atom. The van der Waals surface area contributed by atoms with Crippen molar-refractivity contribution >= 4 is 41.2 Å². The van der Waals surface area contributed by atoms with E-state index >= 15 is 0 Å². The molecule has 3 aromatic rings. The summed E-state index contributed by atoms with van der Waals surface area (Å²) in [5, 5.41) is 9.78. The maximum absolute atomic E-state index is 12.9. The molecule has 0 radical (unpaired) electrons. The molecule has 1 aliphatic rings. The highest BCUT2D eigenvalue weighted by Gasteiger charge is 2.29. The number of pyridine rings is 1. The maximum Gasteiger partial charge on any atom is 0.435 e. The average Bonchev–Trinajstić information content (AvgIpc) is 3.57. The fraction of sp³-hybridized carbons (Fsp3) is 0.419. The number of rotatable bonds is 8. The molecule has 3 N–H and O–H groups in total. The summed E-state index contributed by atoms with van der Waals surface area (Å²) in [5.74, 6) is -0.397. The fourth-order valence-corrected chi connectivity index (χ4v) is 4.29. The van der Waals surface area contributed by atoms with E-state index in [1.54, 1.807) is 65.8 Å². The van der Waals surface area contributed by atoms with Gasteiger partial charge in [0.1, 0.15) is 16.9 Å². The summed E-state index contributed by atoms with van der Waals surface area (Å²) in [6.07, 6.45) is 2.23. The molecule has 0 bridgehead atoms. The van der Waals surface area contributed by atoms with E-state index in [0.717, 1.165) is 10.4 Å². The molecule has 0 saturated heterocycles. The predicted molar refractivity (Wildman–Crippen MR) is 163 cm³/mol. The van der Waals surface area contributed by atoms with Crippen LogP contribution in [-0.2, 0) is 14.3 Å². The Kier molecular flexibility index (Phi) is 8.98. The minimum Gasteiger partial charge on any atom is -0.476 e. The van der Waals surface area contributed by atoms with Gasteiger partial charge in [-0.3, -0.25) is 9.59 Å². The van der Waals surface area contributed by atoms with Crippen LogP contribution in [0.3, 0.4) is 0 Å². The first-order valence-electron chi connectivity index (χ1n) is 14.2. The lowest BCUT2D eigenvalue weighted by atomic mass is 10.1. The summed E-state index contributed by atoms with van der Waals surface area (Å²) < 4.78 is 17.7. The summed E-state index contributed by atoms with van der Waals surface area (Å²) in [5.41, 5.74) is 2.27. The Labute approximate surface area is 255 Å². The standard InChI is InChI=1S/C31H38N6O7/c1-17-14-19(18(2)38)24(33-17)15-20-25-23(35-26(20)39)11-10-22(34-25)21-16-37(29(41)44-31(6,7)8)36-27(21)42-13-9-12-32-28(40)43-30(3,4)5/h10-11,14-16,33H,9,12-13H2,1-8H3,(H,32,40)(H,35,39)/b20-15-. The lowest BCUT2D eigenvalue weighted by Crippen LogP contribution is -2.33. The van der Waals surface area contributed by atoms with E-state index in [1.165, 1.54) is 13.1 Å². The summed E-state index contributed by atoms with van der Waals surface area (Å²) in [6.45, 7) is 14.3. The third-order valence-electron chi connectivity index (χ3n) is 6.06. The highest BCUT2D eigenvalue weighted by atomic mass is 16.6. The van der Waals surface area contributed by atoms with E-state index in [9.17, 15) is 19.2 Å². The van der Waals surface area contributed by atoms with Crippen LogP contribution in [0.4, 0.5) is 15.3 Å². The summed E-state index contributed by atoms with van der Waals surface area (Å²) in [4.78, 5) is 57.7. The van der Waals surface area contributed by atoms with E-state index in [2.05, 4.69) is 20.7 Å². The topological polar surface area (TPSA) is 167 Å². The van der Waals surface area contributed by atoms with Gasteiger partial charge in [-0.1, -0.05) is 0 Å². The van der Waals surface area contributed by atoms with Crippen LogP contribution < -0.4 is 15.4 Å². The van der Waals surface area contributed by atoms with Gasteiger partial charge < -0.3 is 29.8 Å². The molecule has 0 atom stereocenters. The second-order valence-electron chi connectivity index (χ2n) is 12.3. The molecule has 44 heavy (non-hydrogen) atoms. The van der Waals surface area contributed by atoms with Gasteiger partial charge in [-0.15, -0.1) is 5.10 Å². The molecule has 234 valence electrons. The third kappa shape index (κ3) is 7.91. The molecule has 3 aromatic heterocycles. The number of H-pyrrole nitrogens is 1. The number of aromatic nitrogens is 4. The number of carbonyl (C=O) groups is 4. The highest BCUT2D eigenvalue weighted by molar-refractivity contribution is 6.34. The molecule has 4 rings (SSSR count). The smallest absolute Gasteiger partial charge is 0.435 e. The number of aromatic amines is 1. The molecule has 4 heterocycles. The van der Waals surface area contributed by atoms with E-state index < -0.39 is 23.4 Å². The van der Waals surface area contributed by atoms with Gasteiger partial charge in [0.15, 0.2) is 5.78 Å². The first kappa shape index (κ1) is 32.0. The summed E-state index contributed by atoms with van der Waals surface area (Å²) in [6, 6.07) is 5.10. The summed E-state index contributed by atoms with van der Waals surface area (Å²) in [7, 11) is 0. The lowest BCUT2D eigenvalue weighted by molar-refractivity contribution is -0.110. The van der Waals surface area contributed by atoms with E-state index in [-0.39, 0.29) is 36.3 Å². The van der Waals surface area contributed by atoms with Gasteiger partial charge in [0, 0.05) is 17.8 Å². The molecule has 0 fully saturated rings. The van der Waals surface area contributed by atoms with Gasteiger partial charge in [0.25, 0.3) is 5.91 Å². The maximum atomic E-state index is 12.9. The number of carbonyl (C=O) groups excluding carboxylic acids is 4. The van der Waals surface area contributed by atoms with Crippen LogP contribution in [0, 0.1) is 6.92 Å². The first-order valence-corrected chi connectivity index (χ1v) is 14.2. The van der Waals surface area contributed by atoms with E-state index in [1.807, 2.05) is 6.92 Å². The summed E-state index contributed by atoms with van der Waals surface area (Å²) >= 11 is 0. The Balaban J connectivity index is 1.63.